The van der Waals surface area contributed by atoms with Crippen LogP contribution in [0.4, 0.5) is 10.5 Å². The summed E-state index contributed by atoms with van der Waals surface area (Å²) >= 11 is 0. The molecule has 4 N–H and O–H groups in total. The molecular weight excluding hydrogens is 618 g/mol. The standard InChI is InChI=1S/C33H37N9O6/c1-21(34)48-31(35)26-16-27(22-6-8-25(9-7-22)38-33(47)40-18-23-12-14-36-17-24(23)19-40)39-42(32(26)46)15-5-3-2-4-13-37-28(43)20-41-29(44)10-11-30(41)45/h6-12,14,17,26,34-35H,2-5,13,15-16,18-20H2,1H3,(H,37,43)(H,38,47). The van der Waals surface area contributed by atoms with E-state index in [2.05, 4.69) is 20.7 Å². The number of aromatic nitrogens is 1. The monoisotopic (exact) mass is 655 g/mol. The lowest BCUT2D eigenvalue weighted by atomic mass is 9.94. The quantitative estimate of drug-likeness (QED) is 0.116. The molecule has 1 unspecified atom stereocenters. The number of imide groups is 1. The summed E-state index contributed by atoms with van der Waals surface area (Å²) in [5.41, 5.74) is 3.98. The van der Waals surface area contributed by atoms with Crippen molar-refractivity contribution in [3.05, 3.63) is 71.6 Å². The third kappa shape index (κ3) is 8.34. The summed E-state index contributed by atoms with van der Waals surface area (Å²) in [6.45, 7) is 2.75. The highest BCUT2D eigenvalue weighted by atomic mass is 16.5. The van der Waals surface area contributed by atoms with Crippen molar-refractivity contribution < 1.29 is 28.7 Å². The van der Waals surface area contributed by atoms with Crippen LogP contribution in [0.3, 0.4) is 0 Å². The molecule has 1 aromatic carbocycles. The van der Waals surface area contributed by atoms with E-state index in [1.807, 2.05) is 6.07 Å². The van der Waals surface area contributed by atoms with Crippen LogP contribution < -0.4 is 10.6 Å². The lowest BCUT2D eigenvalue weighted by molar-refractivity contribution is -0.141. The molecule has 6 amide bonds. The maximum Gasteiger partial charge on any atom is 0.322 e. The van der Waals surface area contributed by atoms with Crippen molar-refractivity contribution in [1.29, 1.82) is 10.8 Å². The predicted octanol–water partition coefficient (Wildman–Crippen LogP) is 2.77. The number of fused-ring (bicyclic) bond motifs is 1. The summed E-state index contributed by atoms with van der Waals surface area (Å²) in [5.74, 6) is -3.26. The van der Waals surface area contributed by atoms with Crippen molar-refractivity contribution in [3.63, 3.8) is 0 Å². The number of hydrogen-bond donors (Lipinski definition) is 4. The molecule has 48 heavy (non-hydrogen) atoms. The van der Waals surface area contributed by atoms with Gasteiger partial charge in [0.2, 0.25) is 11.8 Å². The minimum Gasteiger partial charge on any atom is -0.429 e. The predicted molar refractivity (Wildman–Crippen MR) is 175 cm³/mol. The van der Waals surface area contributed by atoms with Crippen LogP contribution in [0.5, 0.6) is 0 Å². The van der Waals surface area contributed by atoms with Gasteiger partial charge in [0.1, 0.15) is 12.5 Å². The van der Waals surface area contributed by atoms with Crippen molar-refractivity contribution in [2.45, 2.75) is 52.1 Å². The van der Waals surface area contributed by atoms with E-state index in [4.69, 9.17) is 15.6 Å². The second kappa shape index (κ2) is 15.2. The van der Waals surface area contributed by atoms with Crippen molar-refractivity contribution in [3.8, 4) is 0 Å². The second-order valence-electron chi connectivity index (χ2n) is 11.7. The fourth-order valence-corrected chi connectivity index (χ4v) is 5.54. The molecular formula is C33H37N9O6. The third-order valence-corrected chi connectivity index (χ3v) is 8.08. The first-order chi connectivity index (χ1) is 23.1. The fraction of sp³-hybridized carbons (Fsp3) is 0.364. The zero-order valence-corrected chi connectivity index (χ0v) is 26.5. The number of benzene rings is 1. The normalized spacial score (nSPS) is 16.9. The van der Waals surface area contributed by atoms with Gasteiger partial charge in [-0.15, -0.1) is 0 Å². The minimum atomic E-state index is -0.941. The van der Waals surface area contributed by atoms with E-state index in [9.17, 15) is 24.0 Å². The van der Waals surface area contributed by atoms with Crippen LogP contribution in [0, 0.1) is 16.7 Å². The molecule has 3 aliphatic rings. The first-order valence-corrected chi connectivity index (χ1v) is 15.7. The molecule has 3 aliphatic heterocycles. The van der Waals surface area contributed by atoms with Gasteiger partial charge in [0.25, 0.3) is 17.7 Å². The molecule has 0 fully saturated rings. The van der Waals surface area contributed by atoms with Gasteiger partial charge in [-0.2, -0.15) is 5.10 Å². The summed E-state index contributed by atoms with van der Waals surface area (Å²) in [5, 5.41) is 27.5. The summed E-state index contributed by atoms with van der Waals surface area (Å²) in [6, 6.07) is 8.80. The highest BCUT2D eigenvalue weighted by Crippen LogP contribution is 2.25. The van der Waals surface area contributed by atoms with E-state index in [0.29, 0.717) is 50.4 Å². The number of ether oxygens (including phenoxy) is 1. The van der Waals surface area contributed by atoms with Crippen LogP contribution in [0.15, 0.2) is 60.0 Å². The Labute approximate surface area is 277 Å². The summed E-state index contributed by atoms with van der Waals surface area (Å²) in [6.07, 6.45) is 8.65. The lowest BCUT2D eigenvalue weighted by Gasteiger charge is -2.29. The number of carbonyl (C=O) groups excluding carboxylic acids is 5. The molecule has 0 spiro atoms. The number of anilines is 1. The molecule has 1 aromatic heterocycles. The molecule has 0 saturated heterocycles. The van der Waals surface area contributed by atoms with E-state index in [-0.39, 0.29) is 36.7 Å². The molecule has 15 nitrogen and oxygen atoms in total. The van der Waals surface area contributed by atoms with E-state index in [1.54, 1.807) is 41.6 Å². The number of amides is 6. The van der Waals surface area contributed by atoms with Gasteiger partial charge in [0.15, 0.2) is 5.90 Å². The van der Waals surface area contributed by atoms with E-state index >= 15 is 0 Å². The first-order valence-electron chi connectivity index (χ1n) is 15.7. The Morgan fingerprint density at radius 3 is 2.38 bits per heavy atom. The maximum absolute atomic E-state index is 13.3. The number of unbranched alkanes of at least 4 members (excludes halogenated alkanes) is 3. The molecule has 0 aliphatic carbocycles. The molecule has 0 bridgehead atoms. The van der Waals surface area contributed by atoms with Crippen molar-refractivity contribution in [1.82, 2.24) is 25.1 Å². The Morgan fingerprint density at radius 1 is 0.958 bits per heavy atom. The third-order valence-electron chi connectivity index (χ3n) is 8.08. The van der Waals surface area contributed by atoms with Gasteiger partial charge in [-0.3, -0.25) is 39.9 Å². The topological polar surface area (TPSA) is 201 Å². The van der Waals surface area contributed by atoms with E-state index in [0.717, 1.165) is 46.6 Å². The molecule has 5 rings (SSSR count). The number of rotatable bonds is 12. The van der Waals surface area contributed by atoms with Gasteiger partial charge in [-0.25, -0.2) is 9.80 Å². The van der Waals surface area contributed by atoms with Crippen LogP contribution in [0.25, 0.3) is 0 Å². The van der Waals surface area contributed by atoms with Gasteiger partial charge in [0, 0.05) is 69.8 Å². The second-order valence-corrected chi connectivity index (χ2v) is 11.7. The maximum atomic E-state index is 13.3. The molecule has 4 heterocycles. The van der Waals surface area contributed by atoms with Crippen LogP contribution in [-0.4, -0.2) is 86.6 Å². The number of hydrogen-bond acceptors (Lipinski definition) is 10. The zero-order valence-electron chi connectivity index (χ0n) is 26.5. The van der Waals surface area contributed by atoms with Crippen molar-refractivity contribution in [2.24, 2.45) is 11.0 Å². The van der Waals surface area contributed by atoms with Crippen LogP contribution >= 0.6 is 0 Å². The molecule has 250 valence electrons. The van der Waals surface area contributed by atoms with Crippen molar-refractivity contribution >= 4 is 52.9 Å². The summed E-state index contributed by atoms with van der Waals surface area (Å²) in [4.78, 5) is 68.2. The smallest absolute Gasteiger partial charge is 0.322 e. The molecule has 0 radical (unpaired) electrons. The Hall–Kier alpha value is -5.73. The zero-order chi connectivity index (χ0) is 34.2. The van der Waals surface area contributed by atoms with E-state index < -0.39 is 23.6 Å². The summed E-state index contributed by atoms with van der Waals surface area (Å²) < 4.78 is 5.20. The number of hydrazone groups is 1. The fourth-order valence-electron chi connectivity index (χ4n) is 5.54. The molecule has 15 heteroatoms. The molecule has 1 atom stereocenters. The highest BCUT2D eigenvalue weighted by molar-refractivity contribution is 6.14. The molecule has 0 saturated carbocycles. The number of nitrogens with one attached hydrogen (secondary N) is 4. The number of nitrogens with zero attached hydrogens (tertiary/aromatic N) is 5. The highest BCUT2D eigenvalue weighted by Gasteiger charge is 2.36. The van der Waals surface area contributed by atoms with Gasteiger partial charge in [-0.05, 0) is 47.7 Å². The molecule has 2 aromatic rings. The first kappa shape index (κ1) is 33.6. The number of urea groups is 1. The van der Waals surface area contributed by atoms with Gasteiger partial charge >= 0.3 is 6.03 Å². The average molecular weight is 656 g/mol. The summed E-state index contributed by atoms with van der Waals surface area (Å²) in [7, 11) is 0. The van der Waals surface area contributed by atoms with E-state index in [1.165, 1.54) is 11.9 Å². The van der Waals surface area contributed by atoms with Gasteiger partial charge in [-0.1, -0.05) is 25.0 Å². The number of carbonyl (C=O) groups is 5. The Morgan fingerprint density at radius 2 is 1.67 bits per heavy atom. The Balaban J connectivity index is 1.13. The largest absolute Gasteiger partial charge is 0.429 e. The van der Waals surface area contributed by atoms with Gasteiger partial charge < -0.3 is 20.3 Å². The SMILES string of the molecule is CC(=N)OC(=N)C1CC(c2ccc(NC(=O)N3Cc4ccncc4C3)cc2)=NN(CCCCCCNC(=O)CN2C(=O)C=CC2=O)C1=O. The van der Waals surface area contributed by atoms with Crippen molar-refractivity contribution in [2.75, 3.05) is 25.0 Å². The van der Waals surface area contributed by atoms with Crippen LogP contribution in [-0.2, 0) is 37.0 Å². The minimum absolute atomic E-state index is 0.123. The van der Waals surface area contributed by atoms with Crippen LogP contribution in [0.2, 0.25) is 0 Å². The lowest BCUT2D eigenvalue weighted by Crippen LogP contribution is -2.43. The Bertz CT molecular complexity index is 1640. The number of pyridine rings is 1. The Kier molecular flexibility index (Phi) is 10.7. The van der Waals surface area contributed by atoms with Crippen LogP contribution in [0.1, 0.15) is 55.7 Å². The van der Waals surface area contributed by atoms with Gasteiger partial charge in [0.05, 0.1) is 5.71 Å². The average Bonchev–Trinajstić information content (AvgIpc) is 3.64.